The number of phenols is 1. The number of ketones is 1. The normalized spacial score (nSPS) is 19.0. The van der Waals surface area contributed by atoms with Crippen molar-refractivity contribution < 1.29 is 19.8 Å². The third-order valence-corrected chi connectivity index (χ3v) is 4.50. The van der Waals surface area contributed by atoms with Gasteiger partial charge in [-0.1, -0.05) is 19.9 Å². The third kappa shape index (κ3) is 4.79. The predicted octanol–water partition coefficient (Wildman–Crippen LogP) is 2.01. The van der Waals surface area contributed by atoms with Crippen LogP contribution in [0.4, 0.5) is 0 Å². The summed E-state index contributed by atoms with van der Waals surface area (Å²) in [5.41, 5.74) is 1.52. The summed E-state index contributed by atoms with van der Waals surface area (Å²) in [6.45, 7) is 5.26. The Morgan fingerprint density at radius 2 is 1.96 bits per heavy atom. The molecule has 1 aliphatic heterocycles. The average molecular weight is 319 g/mol. The minimum atomic E-state index is -0.804. The number of carboxylic acids is 1. The van der Waals surface area contributed by atoms with E-state index >= 15 is 0 Å². The summed E-state index contributed by atoms with van der Waals surface area (Å²) in [6.07, 6.45) is 1.50. The molecule has 126 valence electrons. The van der Waals surface area contributed by atoms with Gasteiger partial charge in [0.05, 0.1) is 5.92 Å². The number of hydrogen-bond donors (Lipinski definition) is 3. The van der Waals surface area contributed by atoms with Crippen molar-refractivity contribution in [3.05, 3.63) is 29.3 Å². The van der Waals surface area contributed by atoms with Crippen molar-refractivity contribution >= 4 is 11.8 Å². The fourth-order valence-electron chi connectivity index (χ4n) is 3.10. The van der Waals surface area contributed by atoms with E-state index in [4.69, 9.17) is 0 Å². The van der Waals surface area contributed by atoms with Crippen LogP contribution in [0.3, 0.4) is 0 Å². The number of carboxylic acid groups (broad SMARTS) is 1. The van der Waals surface area contributed by atoms with Crippen LogP contribution in [0, 0.1) is 17.8 Å². The van der Waals surface area contributed by atoms with Crippen molar-refractivity contribution in [2.75, 3.05) is 13.1 Å². The van der Waals surface area contributed by atoms with Crippen LogP contribution in [0.5, 0.6) is 5.75 Å². The van der Waals surface area contributed by atoms with E-state index < -0.39 is 11.9 Å². The molecule has 3 N–H and O–H groups in total. The Hall–Kier alpha value is -1.88. The van der Waals surface area contributed by atoms with Crippen LogP contribution in [0.25, 0.3) is 0 Å². The summed E-state index contributed by atoms with van der Waals surface area (Å²) < 4.78 is 0. The first-order valence-electron chi connectivity index (χ1n) is 8.15. The van der Waals surface area contributed by atoms with Crippen LogP contribution in [-0.4, -0.2) is 35.1 Å². The average Bonchev–Trinajstić information content (AvgIpc) is 2.97. The van der Waals surface area contributed by atoms with Gasteiger partial charge in [0, 0.05) is 12.3 Å². The lowest BCUT2D eigenvalue weighted by atomic mass is 9.85. The van der Waals surface area contributed by atoms with Crippen molar-refractivity contribution in [3.63, 3.8) is 0 Å². The minimum absolute atomic E-state index is 0.0582. The number of nitrogens with one attached hydrogen (secondary N) is 1. The third-order valence-electron chi connectivity index (χ3n) is 4.50. The molecule has 1 fully saturated rings. The number of hydrogen-bond acceptors (Lipinski definition) is 4. The molecular formula is C18H25NO4. The van der Waals surface area contributed by atoms with Crippen molar-refractivity contribution in [2.45, 2.75) is 33.1 Å². The van der Waals surface area contributed by atoms with Gasteiger partial charge in [0.15, 0.2) is 0 Å². The number of aliphatic carboxylic acids is 1. The number of phenolic OH excluding ortho intramolecular Hbond substituents is 1. The lowest BCUT2D eigenvalue weighted by Crippen LogP contribution is -2.27. The van der Waals surface area contributed by atoms with Gasteiger partial charge in [-0.05, 0) is 55.1 Å². The Morgan fingerprint density at radius 1 is 1.26 bits per heavy atom. The van der Waals surface area contributed by atoms with E-state index in [0.717, 1.165) is 24.1 Å². The highest BCUT2D eigenvalue weighted by molar-refractivity contribution is 5.82. The van der Waals surface area contributed by atoms with Crippen LogP contribution in [0.2, 0.25) is 0 Å². The smallest absolute Gasteiger partial charge is 0.307 e. The molecule has 0 aliphatic carbocycles. The largest absolute Gasteiger partial charge is 0.508 e. The van der Waals surface area contributed by atoms with Crippen molar-refractivity contribution in [3.8, 4) is 5.75 Å². The number of aromatic hydroxyl groups is 1. The highest BCUT2D eigenvalue weighted by Gasteiger charge is 2.30. The summed E-state index contributed by atoms with van der Waals surface area (Å²) in [5.74, 6) is -1.03. The summed E-state index contributed by atoms with van der Waals surface area (Å²) in [6, 6.07) is 5.02. The van der Waals surface area contributed by atoms with E-state index in [0.29, 0.717) is 13.0 Å². The predicted molar refractivity (Wildman–Crippen MR) is 87.5 cm³/mol. The van der Waals surface area contributed by atoms with E-state index in [9.17, 15) is 19.8 Å². The second kappa shape index (κ2) is 7.59. The molecule has 5 nitrogen and oxygen atoms in total. The highest BCUT2D eigenvalue weighted by Crippen LogP contribution is 2.26. The molecule has 2 atom stereocenters. The monoisotopic (exact) mass is 319 g/mol. The second-order valence-corrected chi connectivity index (χ2v) is 6.71. The molecule has 1 heterocycles. The molecule has 0 bridgehead atoms. The molecule has 0 aromatic heterocycles. The molecular weight excluding hydrogens is 294 g/mol. The lowest BCUT2D eigenvalue weighted by Gasteiger charge is -2.19. The molecule has 1 aromatic rings. The Balaban J connectivity index is 2.16. The van der Waals surface area contributed by atoms with Crippen molar-refractivity contribution in [1.29, 1.82) is 0 Å². The summed E-state index contributed by atoms with van der Waals surface area (Å²) >= 11 is 0. The zero-order valence-corrected chi connectivity index (χ0v) is 13.7. The lowest BCUT2D eigenvalue weighted by molar-refractivity contribution is -0.143. The van der Waals surface area contributed by atoms with Crippen molar-refractivity contribution in [1.82, 2.24) is 5.32 Å². The van der Waals surface area contributed by atoms with Gasteiger partial charge in [-0.25, -0.2) is 0 Å². The number of benzene rings is 1. The number of rotatable bonds is 7. The SMILES string of the molecule is CC(C)C(=O)Cc1cc(O)cc(CC(C(=O)O)C2CCNC2)c1. The minimum Gasteiger partial charge on any atom is -0.508 e. The van der Waals surface area contributed by atoms with Gasteiger partial charge in [0.2, 0.25) is 0 Å². The van der Waals surface area contributed by atoms with Crippen LogP contribution in [-0.2, 0) is 22.4 Å². The fraction of sp³-hybridized carbons (Fsp3) is 0.556. The van der Waals surface area contributed by atoms with Crippen LogP contribution in [0.15, 0.2) is 18.2 Å². The van der Waals surface area contributed by atoms with E-state index in [1.54, 1.807) is 12.1 Å². The van der Waals surface area contributed by atoms with Gasteiger partial charge in [-0.15, -0.1) is 0 Å². The van der Waals surface area contributed by atoms with Crippen LogP contribution < -0.4 is 5.32 Å². The topological polar surface area (TPSA) is 86.6 Å². The molecule has 2 rings (SSSR count). The fourth-order valence-corrected chi connectivity index (χ4v) is 3.10. The molecule has 1 saturated heterocycles. The zero-order valence-electron chi connectivity index (χ0n) is 13.7. The standard InChI is InChI=1S/C18H25NO4/c1-11(2)17(21)9-13-5-12(6-15(20)7-13)8-16(18(22)23)14-3-4-19-10-14/h5-7,11,14,16,19-20H,3-4,8-10H2,1-2H3,(H,22,23). The van der Waals surface area contributed by atoms with E-state index in [1.807, 2.05) is 19.9 Å². The van der Waals surface area contributed by atoms with E-state index in [2.05, 4.69) is 5.32 Å². The molecule has 23 heavy (non-hydrogen) atoms. The first-order valence-corrected chi connectivity index (χ1v) is 8.15. The number of carbonyl (C=O) groups is 2. The first kappa shape index (κ1) is 17.5. The van der Waals surface area contributed by atoms with Gasteiger partial charge in [0.25, 0.3) is 0 Å². The summed E-state index contributed by atoms with van der Waals surface area (Å²) in [7, 11) is 0. The molecule has 0 spiro atoms. The van der Waals surface area contributed by atoms with Gasteiger partial charge < -0.3 is 15.5 Å². The van der Waals surface area contributed by atoms with Gasteiger partial charge in [-0.2, -0.15) is 0 Å². The quantitative estimate of drug-likeness (QED) is 0.716. The number of Topliss-reactive ketones (excluding diaryl/α,β-unsaturated/α-hetero) is 1. The molecule has 1 aromatic carbocycles. The molecule has 0 radical (unpaired) electrons. The highest BCUT2D eigenvalue weighted by atomic mass is 16.4. The van der Waals surface area contributed by atoms with Crippen LogP contribution >= 0.6 is 0 Å². The molecule has 1 aliphatic rings. The first-order chi connectivity index (χ1) is 10.9. The maximum absolute atomic E-state index is 11.9. The maximum atomic E-state index is 11.9. The Bertz CT molecular complexity index is 576. The zero-order chi connectivity index (χ0) is 17.0. The summed E-state index contributed by atoms with van der Waals surface area (Å²) in [4.78, 5) is 23.5. The number of carbonyl (C=O) groups excluding carboxylic acids is 1. The van der Waals surface area contributed by atoms with Gasteiger partial charge in [-0.3, -0.25) is 9.59 Å². The Kier molecular flexibility index (Phi) is 5.77. The molecule has 0 saturated carbocycles. The maximum Gasteiger partial charge on any atom is 0.307 e. The second-order valence-electron chi connectivity index (χ2n) is 6.71. The summed E-state index contributed by atoms with van der Waals surface area (Å²) in [5, 5.41) is 22.6. The van der Waals surface area contributed by atoms with Gasteiger partial charge >= 0.3 is 5.97 Å². The van der Waals surface area contributed by atoms with Crippen LogP contribution in [0.1, 0.15) is 31.4 Å². The molecule has 2 unspecified atom stereocenters. The van der Waals surface area contributed by atoms with Gasteiger partial charge in [0.1, 0.15) is 11.5 Å². The molecule has 0 amide bonds. The van der Waals surface area contributed by atoms with Crippen molar-refractivity contribution in [2.24, 2.45) is 17.8 Å². The Labute approximate surface area is 136 Å². The van der Waals surface area contributed by atoms with E-state index in [-0.39, 0.29) is 29.8 Å². The Morgan fingerprint density at radius 3 is 2.52 bits per heavy atom. The van der Waals surface area contributed by atoms with E-state index in [1.165, 1.54) is 0 Å². The molecule has 5 heteroatoms.